The van der Waals surface area contributed by atoms with E-state index >= 15 is 0 Å². The molecule has 0 unspecified atom stereocenters. The molecule has 0 radical (unpaired) electrons. The quantitative estimate of drug-likeness (QED) is 0.249. The van der Waals surface area contributed by atoms with Crippen molar-refractivity contribution in [1.29, 1.82) is 0 Å². The minimum Gasteiger partial charge on any atom is -0.445 e. The molecule has 3 rings (SSSR count). The summed E-state index contributed by atoms with van der Waals surface area (Å²) < 4.78 is 15.8. The molecule has 8 nitrogen and oxygen atoms in total. The summed E-state index contributed by atoms with van der Waals surface area (Å²) in [5.74, 6) is -2.51. The van der Waals surface area contributed by atoms with Crippen LogP contribution in [0.1, 0.15) is 25.8 Å². The summed E-state index contributed by atoms with van der Waals surface area (Å²) in [5.41, 5.74) is 0.726. The van der Waals surface area contributed by atoms with Crippen LogP contribution in [0.2, 0.25) is 10.0 Å². The average molecular weight is 473 g/mol. The fraction of sp³-hybridized carbons (Fsp3) is 0.524. The number of carbonyl (C=O) groups is 2. The number of halogens is 2. The lowest BCUT2D eigenvalue weighted by molar-refractivity contribution is -0.186. The zero-order valence-corrected chi connectivity index (χ0v) is 19.1. The number of hydroxylamine groups is 2. The Morgan fingerprint density at radius 2 is 1.97 bits per heavy atom. The molecular formula is C21H26Cl2N2O6. The fourth-order valence-corrected chi connectivity index (χ4v) is 3.47. The Morgan fingerprint density at radius 3 is 2.61 bits per heavy atom. The molecule has 0 aromatic heterocycles. The Morgan fingerprint density at radius 1 is 1.23 bits per heavy atom. The lowest BCUT2D eigenvalue weighted by Gasteiger charge is -2.27. The Balaban J connectivity index is 1.64. The highest BCUT2D eigenvalue weighted by atomic mass is 35.5. The van der Waals surface area contributed by atoms with Gasteiger partial charge in [0, 0.05) is 33.5 Å². The Labute approximate surface area is 191 Å². The van der Waals surface area contributed by atoms with E-state index < -0.39 is 17.7 Å². The molecule has 2 aliphatic heterocycles. The van der Waals surface area contributed by atoms with Gasteiger partial charge in [-0.1, -0.05) is 29.3 Å². The van der Waals surface area contributed by atoms with E-state index in [4.69, 9.17) is 42.3 Å². The smallest absolute Gasteiger partial charge is 0.377 e. The topological polar surface area (TPSA) is 77.5 Å². The third-order valence-corrected chi connectivity index (χ3v) is 5.41. The average Bonchev–Trinajstić information content (AvgIpc) is 2.98. The molecule has 0 spiro atoms. The summed E-state index contributed by atoms with van der Waals surface area (Å²) in [6.07, 6.45) is 1.81. The number of esters is 1. The van der Waals surface area contributed by atoms with Crippen molar-refractivity contribution in [2.75, 3.05) is 39.5 Å². The molecule has 0 aliphatic carbocycles. The first-order valence-corrected chi connectivity index (χ1v) is 10.8. The van der Waals surface area contributed by atoms with Crippen molar-refractivity contribution in [3.63, 3.8) is 0 Å². The minimum atomic E-state index is -1.11. The van der Waals surface area contributed by atoms with E-state index in [1.807, 2.05) is 0 Å². The number of benzene rings is 1. The molecule has 1 aromatic rings. The molecular weight excluding hydrogens is 447 g/mol. The van der Waals surface area contributed by atoms with Crippen molar-refractivity contribution in [3.05, 3.63) is 45.6 Å². The molecule has 10 heteroatoms. The Bertz CT molecular complexity index is 839. The molecule has 1 aromatic carbocycles. The van der Waals surface area contributed by atoms with Crippen molar-refractivity contribution < 1.29 is 28.6 Å². The van der Waals surface area contributed by atoms with Crippen LogP contribution in [0.25, 0.3) is 0 Å². The van der Waals surface area contributed by atoms with Crippen LogP contribution in [0.5, 0.6) is 0 Å². The summed E-state index contributed by atoms with van der Waals surface area (Å²) in [6.45, 7) is 7.67. The molecule has 2 saturated heterocycles. The van der Waals surface area contributed by atoms with E-state index in [2.05, 4.69) is 4.90 Å². The standard InChI is InChI=1S/C21H26Cl2N2O6/c1-21(2)30-18(20(27)31-21)13-19(26)25(14-15-4-5-16(22)17(23)12-15)29-9-3-6-24-7-10-28-11-8-24/h4-5,12-13H,3,6-11,14H2,1-2H3/b18-13+. The molecule has 31 heavy (non-hydrogen) atoms. The summed E-state index contributed by atoms with van der Waals surface area (Å²) in [7, 11) is 0. The first-order valence-electron chi connectivity index (χ1n) is 10.1. The summed E-state index contributed by atoms with van der Waals surface area (Å²) in [6, 6.07) is 5.07. The number of hydrogen-bond donors (Lipinski definition) is 0. The normalized spacial score (nSPS) is 19.9. The number of morpholine rings is 1. The number of nitrogens with zero attached hydrogens (tertiary/aromatic N) is 2. The number of cyclic esters (lactones) is 1. The van der Waals surface area contributed by atoms with Crippen LogP contribution in [-0.2, 0) is 35.2 Å². The first kappa shape index (κ1) is 23.8. The summed E-state index contributed by atoms with van der Waals surface area (Å²) in [5, 5.41) is 1.97. The van der Waals surface area contributed by atoms with Gasteiger partial charge in [0.05, 0.1) is 42.5 Å². The van der Waals surface area contributed by atoms with Gasteiger partial charge < -0.3 is 14.2 Å². The van der Waals surface area contributed by atoms with E-state index in [1.54, 1.807) is 32.0 Å². The second kappa shape index (κ2) is 10.7. The number of carbonyl (C=O) groups excluding carboxylic acids is 2. The SMILES string of the molecule is CC1(C)OC(=O)/C(=C\C(=O)N(Cc2ccc(Cl)c(Cl)c2)OCCCN2CCOCC2)O1. The number of ether oxygens (including phenoxy) is 3. The van der Waals surface area contributed by atoms with Crippen molar-refractivity contribution in [1.82, 2.24) is 9.96 Å². The first-order chi connectivity index (χ1) is 14.7. The molecule has 0 atom stereocenters. The summed E-state index contributed by atoms with van der Waals surface area (Å²) >= 11 is 12.1. The monoisotopic (exact) mass is 472 g/mol. The lowest BCUT2D eigenvalue weighted by atomic mass is 10.2. The molecule has 2 fully saturated rings. The van der Waals surface area contributed by atoms with E-state index in [0.717, 1.165) is 50.9 Å². The highest BCUT2D eigenvalue weighted by Gasteiger charge is 2.38. The molecule has 2 aliphatic rings. The van der Waals surface area contributed by atoms with Gasteiger partial charge in [-0.15, -0.1) is 0 Å². The van der Waals surface area contributed by atoms with Gasteiger partial charge in [-0.2, -0.15) is 0 Å². The molecule has 1 amide bonds. The van der Waals surface area contributed by atoms with Gasteiger partial charge in [-0.3, -0.25) is 14.5 Å². The van der Waals surface area contributed by atoms with Crippen LogP contribution < -0.4 is 0 Å². The summed E-state index contributed by atoms with van der Waals surface area (Å²) in [4.78, 5) is 32.9. The molecule has 2 heterocycles. The number of amides is 1. The van der Waals surface area contributed by atoms with E-state index in [-0.39, 0.29) is 12.3 Å². The zero-order valence-electron chi connectivity index (χ0n) is 17.6. The third-order valence-electron chi connectivity index (χ3n) is 4.68. The number of hydrogen-bond acceptors (Lipinski definition) is 7. The van der Waals surface area contributed by atoms with Crippen LogP contribution in [0.3, 0.4) is 0 Å². The van der Waals surface area contributed by atoms with E-state index in [0.29, 0.717) is 16.7 Å². The zero-order chi connectivity index (χ0) is 22.4. The van der Waals surface area contributed by atoms with Crippen LogP contribution >= 0.6 is 23.2 Å². The highest BCUT2D eigenvalue weighted by molar-refractivity contribution is 6.42. The van der Waals surface area contributed by atoms with Crippen molar-refractivity contribution in [3.8, 4) is 0 Å². The van der Waals surface area contributed by atoms with E-state index in [9.17, 15) is 9.59 Å². The Hall–Kier alpha value is -1.84. The Kier molecular flexibility index (Phi) is 8.18. The van der Waals surface area contributed by atoms with Crippen molar-refractivity contribution in [2.24, 2.45) is 0 Å². The second-order valence-corrected chi connectivity index (χ2v) is 8.48. The van der Waals surface area contributed by atoms with Crippen LogP contribution in [0, 0.1) is 0 Å². The maximum absolute atomic E-state index is 12.9. The second-order valence-electron chi connectivity index (χ2n) is 7.66. The van der Waals surface area contributed by atoms with Gasteiger partial charge in [0.15, 0.2) is 0 Å². The van der Waals surface area contributed by atoms with Crippen molar-refractivity contribution >= 4 is 35.1 Å². The molecule has 0 bridgehead atoms. The van der Waals surface area contributed by atoms with Crippen molar-refractivity contribution in [2.45, 2.75) is 32.6 Å². The van der Waals surface area contributed by atoms with Gasteiger partial charge >= 0.3 is 5.97 Å². The highest BCUT2D eigenvalue weighted by Crippen LogP contribution is 2.27. The van der Waals surface area contributed by atoms with Gasteiger partial charge in [-0.05, 0) is 24.1 Å². The minimum absolute atomic E-state index is 0.121. The maximum atomic E-state index is 12.9. The van der Waals surface area contributed by atoms with Crippen LogP contribution in [0.4, 0.5) is 0 Å². The van der Waals surface area contributed by atoms with Crippen LogP contribution in [-0.4, -0.2) is 67.1 Å². The molecule has 0 saturated carbocycles. The van der Waals surface area contributed by atoms with Crippen LogP contribution in [0.15, 0.2) is 30.0 Å². The van der Waals surface area contributed by atoms with Gasteiger partial charge in [0.25, 0.3) is 5.91 Å². The predicted octanol–water partition coefficient (Wildman–Crippen LogP) is 3.17. The van der Waals surface area contributed by atoms with Gasteiger partial charge in [0.2, 0.25) is 11.5 Å². The molecule has 170 valence electrons. The lowest BCUT2D eigenvalue weighted by Crippen LogP contribution is -2.37. The molecule has 0 N–H and O–H groups in total. The van der Waals surface area contributed by atoms with Gasteiger partial charge in [0.1, 0.15) is 0 Å². The van der Waals surface area contributed by atoms with Gasteiger partial charge in [-0.25, -0.2) is 9.86 Å². The predicted molar refractivity (Wildman–Crippen MR) is 114 cm³/mol. The fourth-order valence-electron chi connectivity index (χ4n) is 3.15. The number of rotatable bonds is 8. The third kappa shape index (κ3) is 7.08. The maximum Gasteiger partial charge on any atom is 0.377 e. The van der Waals surface area contributed by atoms with E-state index in [1.165, 1.54) is 5.06 Å². The largest absolute Gasteiger partial charge is 0.445 e.